The van der Waals surface area contributed by atoms with E-state index in [-0.39, 0.29) is 23.6 Å². The lowest BCUT2D eigenvalue weighted by atomic mass is 10.1. The van der Waals surface area contributed by atoms with Crippen LogP contribution in [0.1, 0.15) is 10.4 Å². The molecule has 0 saturated heterocycles. The number of aromatic hydroxyl groups is 1. The van der Waals surface area contributed by atoms with E-state index in [0.717, 1.165) is 0 Å². The zero-order valence-electron chi connectivity index (χ0n) is 6.45. The predicted molar refractivity (Wildman–Crippen MR) is 45.9 cm³/mol. The third-order valence-electron chi connectivity index (χ3n) is 1.51. The average molecular weight is 166 g/mol. The minimum Gasteiger partial charge on any atom is -0.507 e. The van der Waals surface area contributed by atoms with Crippen LogP contribution in [0, 0.1) is 0 Å². The summed E-state index contributed by atoms with van der Waals surface area (Å²) in [5.74, 6) is -0.403. The molecule has 0 unspecified atom stereocenters. The quantitative estimate of drug-likeness (QED) is 0.330. The largest absolute Gasteiger partial charge is 0.507 e. The summed E-state index contributed by atoms with van der Waals surface area (Å²) in [5.41, 5.74) is 11.2. The number of hydrogen-bond acceptors (Lipinski definition) is 4. The Bertz CT molecular complexity index is 310. The molecule has 0 saturated carbocycles. The van der Waals surface area contributed by atoms with Gasteiger partial charge in [-0.2, -0.15) is 0 Å². The van der Waals surface area contributed by atoms with E-state index in [1.807, 2.05) is 0 Å². The van der Waals surface area contributed by atoms with E-state index in [4.69, 9.17) is 11.5 Å². The molecule has 1 rings (SSSR count). The summed E-state index contributed by atoms with van der Waals surface area (Å²) < 4.78 is 0. The number of nitrogen functional groups attached to an aromatic ring is 1. The molecule has 5 N–H and O–H groups in total. The molecule has 4 nitrogen and oxygen atoms in total. The van der Waals surface area contributed by atoms with E-state index in [1.165, 1.54) is 18.2 Å². The van der Waals surface area contributed by atoms with Crippen LogP contribution < -0.4 is 11.5 Å². The number of Topliss-reactive ketones (excluding diaryl/α,β-unsaturated/α-hetero) is 1. The summed E-state index contributed by atoms with van der Waals surface area (Å²) in [4.78, 5) is 11.0. The van der Waals surface area contributed by atoms with Crippen LogP contribution in [0.2, 0.25) is 0 Å². The number of phenolic OH excluding ortho intramolecular Hbond substituents is 1. The van der Waals surface area contributed by atoms with Crippen LogP contribution in [0.4, 0.5) is 5.69 Å². The van der Waals surface area contributed by atoms with Gasteiger partial charge in [0.1, 0.15) is 5.75 Å². The van der Waals surface area contributed by atoms with Crippen molar-refractivity contribution in [3.8, 4) is 5.75 Å². The lowest BCUT2D eigenvalue weighted by Crippen LogP contribution is -2.13. The molecule has 0 aliphatic carbocycles. The molecule has 0 aromatic heterocycles. The van der Waals surface area contributed by atoms with Gasteiger partial charge in [-0.15, -0.1) is 0 Å². The highest BCUT2D eigenvalue weighted by Gasteiger charge is 2.08. The van der Waals surface area contributed by atoms with Crippen LogP contribution >= 0.6 is 0 Å². The van der Waals surface area contributed by atoms with Crippen molar-refractivity contribution in [1.82, 2.24) is 0 Å². The second-order valence-electron chi connectivity index (χ2n) is 2.40. The molecule has 0 radical (unpaired) electrons. The maximum atomic E-state index is 11.0. The van der Waals surface area contributed by atoms with Crippen molar-refractivity contribution in [2.45, 2.75) is 0 Å². The fourth-order valence-corrected chi connectivity index (χ4v) is 0.887. The summed E-state index contributed by atoms with van der Waals surface area (Å²) in [5, 5.41) is 9.20. The van der Waals surface area contributed by atoms with Gasteiger partial charge in [-0.25, -0.2) is 0 Å². The van der Waals surface area contributed by atoms with Gasteiger partial charge in [-0.05, 0) is 18.2 Å². The first kappa shape index (κ1) is 8.55. The first-order chi connectivity index (χ1) is 5.65. The Morgan fingerprint density at radius 3 is 2.75 bits per heavy atom. The van der Waals surface area contributed by atoms with Crippen molar-refractivity contribution in [3.05, 3.63) is 23.8 Å². The normalized spacial score (nSPS) is 9.75. The SMILES string of the molecule is NCC(=O)c1cc(N)ccc1O. The van der Waals surface area contributed by atoms with Gasteiger partial charge in [0.15, 0.2) is 5.78 Å². The van der Waals surface area contributed by atoms with Gasteiger partial charge in [0.2, 0.25) is 0 Å². The van der Waals surface area contributed by atoms with Crippen LogP contribution in [0.15, 0.2) is 18.2 Å². The van der Waals surface area contributed by atoms with Crippen molar-refractivity contribution < 1.29 is 9.90 Å². The van der Waals surface area contributed by atoms with Crippen LogP contribution in [0.3, 0.4) is 0 Å². The Morgan fingerprint density at radius 2 is 2.17 bits per heavy atom. The third-order valence-corrected chi connectivity index (χ3v) is 1.51. The minimum absolute atomic E-state index is 0.0837. The molecule has 0 aliphatic rings. The van der Waals surface area contributed by atoms with E-state index >= 15 is 0 Å². The fraction of sp³-hybridized carbons (Fsp3) is 0.125. The monoisotopic (exact) mass is 166 g/mol. The summed E-state index contributed by atoms with van der Waals surface area (Å²) in [6.07, 6.45) is 0. The van der Waals surface area contributed by atoms with E-state index < -0.39 is 0 Å². The number of ketones is 1. The lowest BCUT2D eigenvalue weighted by Gasteiger charge is -2.02. The fourth-order valence-electron chi connectivity index (χ4n) is 0.887. The van der Waals surface area contributed by atoms with Crippen molar-refractivity contribution >= 4 is 11.5 Å². The van der Waals surface area contributed by atoms with Crippen LogP contribution in [-0.4, -0.2) is 17.4 Å². The summed E-state index contributed by atoms with van der Waals surface area (Å²) in [6.45, 7) is -0.128. The molecular weight excluding hydrogens is 156 g/mol. The standard InChI is InChI=1S/C8H10N2O2/c9-4-8(12)6-3-5(10)1-2-7(6)11/h1-3,11H,4,9-10H2. The predicted octanol–water partition coefficient (Wildman–Crippen LogP) is 0.116. The molecule has 1 aromatic rings. The Kier molecular flexibility index (Phi) is 2.30. The molecule has 0 aliphatic heterocycles. The zero-order valence-corrected chi connectivity index (χ0v) is 6.45. The maximum absolute atomic E-state index is 11.0. The molecule has 64 valence electrons. The minimum atomic E-state index is -0.320. The number of rotatable bonds is 2. The molecule has 0 atom stereocenters. The van der Waals surface area contributed by atoms with Gasteiger partial charge >= 0.3 is 0 Å². The number of carbonyl (C=O) groups is 1. The number of hydrogen-bond donors (Lipinski definition) is 3. The summed E-state index contributed by atoms with van der Waals surface area (Å²) >= 11 is 0. The number of benzene rings is 1. The van der Waals surface area contributed by atoms with E-state index in [0.29, 0.717) is 5.69 Å². The molecule has 0 fully saturated rings. The number of anilines is 1. The van der Waals surface area contributed by atoms with Gasteiger partial charge in [0, 0.05) is 5.69 Å². The first-order valence-electron chi connectivity index (χ1n) is 3.47. The van der Waals surface area contributed by atoms with Gasteiger partial charge < -0.3 is 16.6 Å². The maximum Gasteiger partial charge on any atom is 0.180 e. The van der Waals surface area contributed by atoms with Gasteiger partial charge in [-0.1, -0.05) is 0 Å². The molecule has 0 heterocycles. The van der Waals surface area contributed by atoms with Crippen LogP contribution in [-0.2, 0) is 0 Å². The highest BCUT2D eigenvalue weighted by molar-refractivity contribution is 6.00. The number of carbonyl (C=O) groups excluding carboxylic acids is 1. The van der Waals surface area contributed by atoms with E-state index in [9.17, 15) is 9.90 Å². The Hall–Kier alpha value is -1.55. The highest BCUT2D eigenvalue weighted by Crippen LogP contribution is 2.19. The van der Waals surface area contributed by atoms with Crippen molar-refractivity contribution in [2.75, 3.05) is 12.3 Å². The van der Waals surface area contributed by atoms with Crippen molar-refractivity contribution in [2.24, 2.45) is 5.73 Å². The topological polar surface area (TPSA) is 89.3 Å². The molecular formula is C8H10N2O2. The lowest BCUT2D eigenvalue weighted by molar-refractivity contribution is 0.0999. The summed E-state index contributed by atoms with van der Waals surface area (Å²) in [6, 6.07) is 4.30. The molecule has 12 heavy (non-hydrogen) atoms. The molecule has 0 spiro atoms. The van der Waals surface area contributed by atoms with Crippen LogP contribution in [0.25, 0.3) is 0 Å². The van der Waals surface area contributed by atoms with Crippen molar-refractivity contribution in [3.63, 3.8) is 0 Å². The first-order valence-corrected chi connectivity index (χ1v) is 3.47. The highest BCUT2D eigenvalue weighted by atomic mass is 16.3. The molecule has 0 bridgehead atoms. The number of phenols is 1. The van der Waals surface area contributed by atoms with Crippen molar-refractivity contribution in [1.29, 1.82) is 0 Å². The number of nitrogens with two attached hydrogens (primary N) is 2. The second kappa shape index (κ2) is 3.23. The molecule has 1 aromatic carbocycles. The average Bonchev–Trinajstić information content (AvgIpc) is 2.08. The van der Waals surface area contributed by atoms with Gasteiger partial charge in [-0.3, -0.25) is 4.79 Å². The third kappa shape index (κ3) is 1.54. The summed E-state index contributed by atoms with van der Waals surface area (Å²) in [7, 11) is 0. The van der Waals surface area contributed by atoms with E-state index in [2.05, 4.69) is 0 Å². The Morgan fingerprint density at radius 1 is 1.50 bits per heavy atom. The van der Waals surface area contributed by atoms with Gasteiger partial charge in [0.05, 0.1) is 12.1 Å². The smallest absolute Gasteiger partial charge is 0.180 e. The molecule has 4 heteroatoms. The van der Waals surface area contributed by atoms with Crippen LogP contribution in [0.5, 0.6) is 5.75 Å². The Labute approximate surface area is 69.8 Å². The van der Waals surface area contributed by atoms with E-state index in [1.54, 1.807) is 0 Å². The molecule has 0 amide bonds. The zero-order chi connectivity index (χ0) is 9.14. The Balaban J connectivity index is 3.13. The van der Waals surface area contributed by atoms with Gasteiger partial charge in [0.25, 0.3) is 0 Å². The second-order valence-corrected chi connectivity index (χ2v) is 2.40.